The first kappa shape index (κ1) is 25.1. The standard InChI is InChI=1S/C20H18ClF3N4O3S2/c1-12-3-6-14(7-4-12)33(30,31)11-17-26-27-19(28(17)2)32-10-18(29)25-16-9-13(20(22,23)24)5-8-15(16)21/h3-9H,10-11H2,1-2H3,(H,25,29). The number of halogens is 4. The van der Waals surface area contributed by atoms with Crippen molar-refractivity contribution in [2.75, 3.05) is 11.1 Å². The van der Waals surface area contributed by atoms with E-state index in [4.69, 9.17) is 11.6 Å². The number of rotatable bonds is 7. The minimum absolute atomic E-state index is 0.0383. The van der Waals surface area contributed by atoms with Crippen molar-refractivity contribution >= 4 is 44.8 Å². The van der Waals surface area contributed by atoms with Gasteiger partial charge in [-0.05, 0) is 37.3 Å². The molecule has 1 heterocycles. The number of carbonyl (C=O) groups excluding carboxylic acids is 1. The van der Waals surface area contributed by atoms with Crippen LogP contribution in [0.4, 0.5) is 18.9 Å². The zero-order valence-corrected chi connectivity index (χ0v) is 19.7. The van der Waals surface area contributed by atoms with Crippen LogP contribution in [0.3, 0.4) is 0 Å². The van der Waals surface area contributed by atoms with Crippen LogP contribution in [0, 0.1) is 6.92 Å². The third kappa shape index (κ3) is 6.27. The van der Waals surface area contributed by atoms with Gasteiger partial charge in [0, 0.05) is 7.05 Å². The lowest BCUT2D eigenvalue weighted by Crippen LogP contribution is -2.16. The molecule has 1 aromatic heterocycles. The molecule has 176 valence electrons. The maximum atomic E-state index is 12.9. The van der Waals surface area contributed by atoms with E-state index in [2.05, 4.69) is 15.5 Å². The number of anilines is 1. The summed E-state index contributed by atoms with van der Waals surface area (Å²) in [4.78, 5) is 12.4. The van der Waals surface area contributed by atoms with Gasteiger partial charge in [-0.3, -0.25) is 4.79 Å². The van der Waals surface area contributed by atoms with Gasteiger partial charge in [-0.15, -0.1) is 10.2 Å². The molecule has 13 heteroatoms. The molecule has 1 N–H and O–H groups in total. The number of nitrogens with one attached hydrogen (secondary N) is 1. The Balaban J connectivity index is 1.65. The molecule has 0 unspecified atom stereocenters. The molecule has 7 nitrogen and oxygen atoms in total. The summed E-state index contributed by atoms with van der Waals surface area (Å²) in [6.07, 6.45) is -4.58. The number of amides is 1. The highest BCUT2D eigenvalue weighted by molar-refractivity contribution is 7.99. The number of carbonyl (C=O) groups is 1. The summed E-state index contributed by atoms with van der Waals surface area (Å²) in [6, 6.07) is 9.04. The van der Waals surface area contributed by atoms with Gasteiger partial charge < -0.3 is 9.88 Å². The van der Waals surface area contributed by atoms with E-state index < -0.39 is 27.5 Å². The van der Waals surface area contributed by atoms with E-state index in [1.54, 1.807) is 19.2 Å². The summed E-state index contributed by atoms with van der Waals surface area (Å²) >= 11 is 6.84. The second-order valence-electron chi connectivity index (χ2n) is 7.06. The Kier molecular flexibility index (Phi) is 7.39. The van der Waals surface area contributed by atoms with E-state index in [1.807, 2.05) is 6.92 Å². The minimum Gasteiger partial charge on any atom is -0.324 e. The van der Waals surface area contributed by atoms with Crippen molar-refractivity contribution in [3.63, 3.8) is 0 Å². The van der Waals surface area contributed by atoms with E-state index in [-0.39, 0.29) is 38.1 Å². The van der Waals surface area contributed by atoms with E-state index in [1.165, 1.54) is 16.7 Å². The van der Waals surface area contributed by atoms with Gasteiger partial charge in [-0.1, -0.05) is 41.1 Å². The van der Waals surface area contributed by atoms with Gasteiger partial charge in [0.25, 0.3) is 0 Å². The average Bonchev–Trinajstić information content (AvgIpc) is 3.06. The SMILES string of the molecule is Cc1ccc(S(=O)(=O)Cc2nnc(SCC(=O)Nc3cc(C(F)(F)F)ccc3Cl)n2C)cc1. The summed E-state index contributed by atoms with van der Waals surface area (Å²) in [6.45, 7) is 1.85. The zero-order chi connectivity index (χ0) is 24.4. The Labute approximate surface area is 197 Å². The maximum absolute atomic E-state index is 12.9. The van der Waals surface area contributed by atoms with Crippen molar-refractivity contribution < 1.29 is 26.4 Å². The molecular weight excluding hydrogens is 501 g/mol. The molecule has 1 amide bonds. The molecule has 0 fully saturated rings. The van der Waals surface area contributed by atoms with E-state index in [9.17, 15) is 26.4 Å². The third-order valence-electron chi connectivity index (χ3n) is 4.52. The number of thioether (sulfide) groups is 1. The van der Waals surface area contributed by atoms with Gasteiger partial charge in [0.1, 0.15) is 11.6 Å². The number of aryl methyl sites for hydroxylation is 1. The largest absolute Gasteiger partial charge is 0.416 e. The lowest BCUT2D eigenvalue weighted by molar-refractivity contribution is -0.137. The molecule has 0 saturated heterocycles. The summed E-state index contributed by atoms with van der Waals surface area (Å²) in [7, 11) is -2.09. The monoisotopic (exact) mass is 518 g/mol. The van der Waals surface area contributed by atoms with Crippen molar-refractivity contribution in [2.24, 2.45) is 7.05 Å². The minimum atomic E-state index is -4.58. The van der Waals surface area contributed by atoms with Crippen LogP contribution in [0.2, 0.25) is 5.02 Å². The number of hydrogen-bond donors (Lipinski definition) is 1. The molecule has 0 radical (unpaired) electrons. The summed E-state index contributed by atoms with van der Waals surface area (Å²) in [5, 5.41) is 10.4. The molecule has 33 heavy (non-hydrogen) atoms. The van der Waals surface area contributed by atoms with Gasteiger partial charge in [-0.25, -0.2) is 8.42 Å². The van der Waals surface area contributed by atoms with Gasteiger partial charge in [0.05, 0.1) is 26.9 Å². The Bertz CT molecular complexity index is 1280. The molecule has 0 aliphatic heterocycles. The lowest BCUT2D eigenvalue weighted by Gasteiger charge is -2.11. The number of alkyl halides is 3. The Hall–Kier alpha value is -2.57. The van der Waals surface area contributed by atoms with Crippen molar-refractivity contribution in [1.82, 2.24) is 14.8 Å². The summed E-state index contributed by atoms with van der Waals surface area (Å²) in [5.74, 6) is -1.02. The molecule has 0 saturated carbocycles. The molecule has 0 aliphatic carbocycles. The Morgan fingerprint density at radius 2 is 1.82 bits per heavy atom. The van der Waals surface area contributed by atoms with Gasteiger partial charge >= 0.3 is 6.18 Å². The number of aromatic nitrogens is 3. The van der Waals surface area contributed by atoms with Gasteiger partial charge in [0.2, 0.25) is 5.91 Å². The molecule has 2 aromatic carbocycles. The molecule has 0 aliphatic rings. The molecule has 0 spiro atoms. The fraction of sp³-hybridized carbons (Fsp3) is 0.250. The molecule has 3 aromatic rings. The fourth-order valence-corrected chi connectivity index (χ4v) is 4.91. The summed E-state index contributed by atoms with van der Waals surface area (Å²) < 4.78 is 65.3. The number of benzene rings is 2. The van der Waals surface area contributed by atoms with Crippen LogP contribution in [0.25, 0.3) is 0 Å². The lowest BCUT2D eigenvalue weighted by atomic mass is 10.2. The predicted molar refractivity (Wildman–Crippen MR) is 119 cm³/mol. The first-order chi connectivity index (χ1) is 15.4. The van der Waals surface area contributed by atoms with Crippen LogP contribution in [0.15, 0.2) is 52.5 Å². The molecule has 0 atom stereocenters. The highest BCUT2D eigenvalue weighted by Crippen LogP contribution is 2.34. The summed E-state index contributed by atoms with van der Waals surface area (Å²) in [5.41, 5.74) is -0.182. The van der Waals surface area contributed by atoms with Crippen molar-refractivity contribution in [3.8, 4) is 0 Å². The van der Waals surface area contributed by atoms with Gasteiger partial charge in [-0.2, -0.15) is 13.2 Å². The quantitative estimate of drug-likeness (QED) is 0.463. The number of nitrogens with zero attached hydrogens (tertiary/aromatic N) is 3. The van der Waals surface area contributed by atoms with E-state index >= 15 is 0 Å². The number of sulfone groups is 1. The van der Waals surface area contributed by atoms with Crippen LogP contribution in [0.5, 0.6) is 0 Å². The topological polar surface area (TPSA) is 94.0 Å². The second-order valence-corrected chi connectivity index (χ2v) is 10.4. The molecule has 0 bridgehead atoms. The van der Waals surface area contributed by atoms with Crippen molar-refractivity contribution in [2.45, 2.75) is 28.9 Å². The van der Waals surface area contributed by atoms with Crippen LogP contribution < -0.4 is 5.32 Å². The maximum Gasteiger partial charge on any atom is 0.416 e. The first-order valence-corrected chi connectivity index (χ1v) is 12.4. The van der Waals surface area contributed by atoms with Gasteiger partial charge in [0.15, 0.2) is 15.0 Å². The normalized spacial score (nSPS) is 12.1. The third-order valence-corrected chi connectivity index (χ3v) is 7.50. The zero-order valence-electron chi connectivity index (χ0n) is 17.4. The predicted octanol–water partition coefficient (Wildman–Crippen LogP) is 4.50. The van der Waals surface area contributed by atoms with E-state index in [0.717, 1.165) is 35.5 Å². The fourth-order valence-electron chi connectivity index (χ4n) is 2.71. The Morgan fingerprint density at radius 1 is 1.15 bits per heavy atom. The van der Waals surface area contributed by atoms with Crippen LogP contribution >= 0.6 is 23.4 Å². The molecule has 3 rings (SSSR count). The molecular formula is C20H18ClF3N4O3S2. The average molecular weight is 519 g/mol. The smallest absolute Gasteiger partial charge is 0.324 e. The first-order valence-electron chi connectivity index (χ1n) is 9.34. The Morgan fingerprint density at radius 3 is 2.45 bits per heavy atom. The van der Waals surface area contributed by atoms with Crippen molar-refractivity contribution in [3.05, 3.63) is 64.4 Å². The van der Waals surface area contributed by atoms with Crippen molar-refractivity contribution in [1.29, 1.82) is 0 Å². The van der Waals surface area contributed by atoms with E-state index in [0.29, 0.717) is 0 Å². The van der Waals surface area contributed by atoms with Crippen LogP contribution in [0.1, 0.15) is 17.0 Å². The highest BCUT2D eigenvalue weighted by atomic mass is 35.5. The highest BCUT2D eigenvalue weighted by Gasteiger charge is 2.31. The number of hydrogen-bond acceptors (Lipinski definition) is 6. The second kappa shape index (κ2) is 9.74. The van der Waals surface area contributed by atoms with Crippen LogP contribution in [-0.4, -0.2) is 34.8 Å². The van der Waals surface area contributed by atoms with Crippen LogP contribution in [-0.2, 0) is 33.6 Å².